The van der Waals surface area contributed by atoms with E-state index < -0.39 is 28.0 Å². The van der Waals surface area contributed by atoms with Crippen LogP contribution in [0.1, 0.15) is 23.9 Å². The topological polar surface area (TPSA) is 133 Å². The van der Waals surface area contributed by atoms with Crippen LogP contribution in [0, 0.1) is 19.7 Å². The fourth-order valence-corrected chi connectivity index (χ4v) is 3.70. The van der Waals surface area contributed by atoms with E-state index in [2.05, 4.69) is 10.4 Å². The molecule has 0 radical (unpaired) electrons. The minimum absolute atomic E-state index is 0.162. The van der Waals surface area contributed by atoms with Crippen molar-refractivity contribution >= 4 is 33.7 Å². The molecule has 178 valence electrons. The Morgan fingerprint density at radius 1 is 1.18 bits per heavy atom. The number of ether oxygens (including phenoxy) is 1. The molecule has 9 nitrogen and oxygen atoms in total. The van der Waals surface area contributed by atoms with Gasteiger partial charge in [-0.1, -0.05) is 6.07 Å². The third-order valence-electron chi connectivity index (χ3n) is 4.90. The first-order valence-corrected chi connectivity index (χ1v) is 11.6. The molecule has 3 N–H and O–H groups in total. The number of nitrogens with one attached hydrogen (secondary N) is 1. The number of hydrogen-bond donors (Lipinski definition) is 2. The maximum Gasteiger partial charge on any atom is 0.331 e. The smallest absolute Gasteiger partial charge is 0.331 e. The summed E-state index contributed by atoms with van der Waals surface area (Å²) in [6.45, 7) is 4.96. The Bertz CT molecular complexity index is 1360. The number of amides is 1. The molecular formula is C23H23FN4O5S. The Hall–Kier alpha value is -3.83. The number of carbonyl (C=O) groups is 2. The number of primary sulfonamides is 1. The van der Waals surface area contributed by atoms with E-state index in [0.717, 1.165) is 5.69 Å². The zero-order valence-electron chi connectivity index (χ0n) is 18.7. The van der Waals surface area contributed by atoms with Gasteiger partial charge in [0.1, 0.15) is 5.82 Å². The third kappa shape index (κ3) is 5.94. The van der Waals surface area contributed by atoms with Crippen LogP contribution in [0.2, 0.25) is 0 Å². The van der Waals surface area contributed by atoms with Crippen molar-refractivity contribution in [3.63, 3.8) is 0 Å². The summed E-state index contributed by atoms with van der Waals surface area (Å²) in [6, 6.07) is 11.2. The molecule has 0 spiro atoms. The molecular weight excluding hydrogens is 463 g/mol. The van der Waals surface area contributed by atoms with E-state index in [1.807, 2.05) is 0 Å². The van der Waals surface area contributed by atoms with Crippen LogP contribution in [0.25, 0.3) is 11.8 Å². The van der Waals surface area contributed by atoms with Gasteiger partial charge in [-0.3, -0.25) is 4.79 Å². The number of nitrogens with zero attached hydrogens (tertiary/aromatic N) is 2. The van der Waals surface area contributed by atoms with Gasteiger partial charge in [0, 0.05) is 23.0 Å². The third-order valence-corrected chi connectivity index (χ3v) is 5.81. The van der Waals surface area contributed by atoms with Gasteiger partial charge in [-0.05, 0) is 69.3 Å². The predicted octanol–water partition coefficient (Wildman–Crippen LogP) is 2.86. The van der Waals surface area contributed by atoms with Crippen molar-refractivity contribution in [1.29, 1.82) is 0 Å². The maximum absolute atomic E-state index is 13.2. The van der Waals surface area contributed by atoms with Crippen LogP contribution in [0.5, 0.6) is 0 Å². The number of aryl methyl sites for hydroxylation is 1. The second-order valence-electron chi connectivity index (χ2n) is 7.45. The molecule has 3 rings (SSSR count). The number of sulfonamides is 1. The molecule has 0 fully saturated rings. The lowest BCUT2D eigenvalue weighted by molar-refractivity contribution is -0.148. The summed E-state index contributed by atoms with van der Waals surface area (Å²) in [5, 5.41) is 12.0. The van der Waals surface area contributed by atoms with E-state index in [1.54, 1.807) is 30.7 Å². The molecule has 11 heteroatoms. The molecule has 1 amide bonds. The number of esters is 1. The summed E-state index contributed by atoms with van der Waals surface area (Å²) in [4.78, 5) is 24.4. The molecule has 0 bridgehead atoms. The molecule has 2 aromatic carbocycles. The van der Waals surface area contributed by atoms with Crippen LogP contribution in [0.15, 0.2) is 59.5 Å². The lowest BCUT2D eigenvalue weighted by atomic mass is 10.2. The van der Waals surface area contributed by atoms with Gasteiger partial charge in [-0.2, -0.15) is 5.10 Å². The van der Waals surface area contributed by atoms with E-state index in [-0.39, 0.29) is 16.4 Å². The van der Waals surface area contributed by atoms with Gasteiger partial charge < -0.3 is 10.1 Å². The van der Waals surface area contributed by atoms with Crippen LogP contribution < -0.4 is 10.5 Å². The number of benzene rings is 2. The number of rotatable bonds is 7. The highest BCUT2D eigenvalue weighted by molar-refractivity contribution is 7.89. The number of carbonyl (C=O) groups excluding carboxylic acids is 2. The first-order chi connectivity index (χ1) is 16.0. The first-order valence-electron chi connectivity index (χ1n) is 10.1. The lowest BCUT2D eigenvalue weighted by Crippen LogP contribution is -2.29. The second-order valence-corrected chi connectivity index (χ2v) is 9.01. The summed E-state index contributed by atoms with van der Waals surface area (Å²) in [5.41, 5.74) is 2.91. The van der Waals surface area contributed by atoms with Crippen molar-refractivity contribution in [2.45, 2.75) is 31.8 Å². The number of halogens is 1. The van der Waals surface area contributed by atoms with Crippen LogP contribution in [0.4, 0.5) is 10.1 Å². The zero-order valence-corrected chi connectivity index (χ0v) is 19.5. The zero-order chi connectivity index (χ0) is 25.0. The van der Waals surface area contributed by atoms with Crippen LogP contribution in [-0.2, 0) is 24.3 Å². The molecule has 1 heterocycles. The van der Waals surface area contributed by atoms with E-state index in [1.165, 1.54) is 55.5 Å². The van der Waals surface area contributed by atoms with Crippen molar-refractivity contribution in [2.24, 2.45) is 5.14 Å². The number of anilines is 1. The maximum atomic E-state index is 13.2. The first kappa shape index (κ1) is 24.8. The van der Waals surface area contributed by atoms with Gasteiger partial charge in [0.25, 0.3) is 5.91 Å². The fourth-order valence-electron chi connectivity index (χ4n) is 3.14. The van der Waals surface area contributed by atoms with Gasteiger partial charge >= 0.3 is 5.97 Å². The van der Waals surface area contributed by atoms with E-state index in [9.17, 15) is 22.4 Å². The van der Waals surface area contributed by atoms with Gasteiger partial charge in [-0.15, -0.1) is 0 Å². The monoisotopic (exact) mass is 486 g/mol. The Labute approximate surface area is 196 Å². The summed E-state index contributed by atoms with van der Waals surface area (Å²) >= 11 is 0. The standard InChI is InChI=1S/C23H23FN4O5S/c1-14-21(15(2)28(27-14)19-9-7-17(24)8-10-19)11-12-22(29)33-16(3)23(30)26-18-5-4-6-20(13-18)34(25,31)32/h4-13,16H,1-3H3,(H,26,30)(H2,25,31,32)/b12-11+. The average molecular weight is 487 g/mol. The van der Waals surface area contributed by atoms with Gasteiger partial charge in [0.05, 0.1) is 16.3 Å². The van der Waals surface area contributed by atoms with Crippen molar-refractivity contribution in [2.75, 3.05) is 5.32 Å². The van der Waals surface area contributed by atoms with Crippen molar-refractivity contribution in [1.82, 2.24) is 9.78 Å². The Morgan fingerprint density at radius 2 is 1.85 bits per heavy atom. The summed E-state index contributed by atoms with van der Waals surface area (Å²) in [6.07, 6.45) is 1.55. The predicted molar refractivity (Wildman–Crippen MR) is 124 cm³/mol. The highest BCUT2D eigenvalue weighted by atomic mass is 32.2. The average Bonchev–Trinajstić information content (AvgIpc) is 3.05. The number of hydrogen-bond acceptors (Lipinski definition) is 6. The van der Waals surface area contributed by atoms with Crippen LogP contribution in [0.3, 0.4) is 0 Å². The molecule has 0 aliphatic rings. The molecule has 1 unspecified atom stereocenters. The molecule has 0 aliphatic carbocycles. The molecule has 1 atom stereocenters. The largest absolute Gasteiger partial charge is 0.449 e. The summed E-state index contributed by atoms with van der Waals surface area (Å²) in [5.74, 6) is -1.76. The lowest BCUT2D eigenvalue weighted by Gasteiger charge is -2.12. The molecule has 1 aromatic heterocycles. The normalized spacial score (nSPS) is 12.5. The highest BCUT2D eigenvalue weighted by Crippen LogP contribution is 2.20. The van der Waals surface area contributed by atoms with E-state index in [4.69, 9.17) is 9.88 Å². The van der Waals surface area contributed by atoms with E-state index in [0.29, 0.717) is 16.9 Å². The van der Waals surface area contributed by atoms with E-state index >= 15 is 0 Å². The minimum atomic E-state index is -3.93. The Kier molecular flexibility index (Phi) is 7.28. The molecule has 0 aliphatic heterocycles. The molecule has 3 aromatic rings. The quantitative estimate of drug-likeness (QED) is 0.390. The Balaban J connectivity index is 1.66. The number of nitrogens with two attached hydrogens (primary N) is 1. The number of aromatic nitrogens is 2. The van der Waals surface area contributed by atoms with Crippen molar-refractivity contribution < 1.29 is 27.1 Å². The van der Waals surface area contributed by atoms with Gasteiger partial charge in [0.2, 0.25) is 10.0 Å². The van der Waals surface area contributed by atoms with Crippen molar-refractivity contribution in [3.05, 3.63) is 77.4 Å². The molecule has 34 heavy (non-hydrogen) atoms. The van der Waals surface area contributed by atoms with Crippen molar-refractivity contribution in [3.8, 4) is 5.69 Å². The Morgan fingerprint density at radius 3 is 2.50 bits per heavy atom. The summed E-state index contributed by atoms with van der Waals surface area (Å²) in [7, 11) is -3.93. The fraction of sp³-hybridized carbons (Fsp3) is 0.174. The van der Waals surface area contributed by atoms with Gasteiger partial charge in [-0.25, -0.2) is 27.4 Å². The van der Waals surface area contributed by atoms with Gasteiger partial charge in [0.15, 0.2) is 6.10 Å². The molecule has 0 saturated heterocycles. The molecule has 0 saturated carbocycles. The minimum Gasteiger partial charge on any atom is -0.449 e. The van der Waals surface area contributed by atoms with Crippen LogP contribution in [-0.4, -0.2) is 36.2 Å². The highest BCUT2D eigenvalue weighted by Gasteiger charge is 2.18. The second kappa shape index (κ2) is 9.98. The SMILES string of the molecule is Cc1nn(-c2ccc(F)cc2)c(C)c1/C=C/C(=O)OC(C)C(=O)Nc1cccc(S(N)(=O)=O)c1. The summed E-state index contributed by atoms with van der Waals surface area (Å²) < 4.78 is 42.9. The van der Waals surface area contributed by atoms with Crippen LogP contribution >= 0.6 is 0 Å².